The van der Waals surface area contributed by atoms with Crippen LogP contribution in [0.1, 0.15) is 45.4 Å². The second-order valence-electron chi connectivity index (χ2n) is 4.98. The molecule has 0 aliphatic heterocycles. The molecular weight excluding hydrogens is 294 g/mol. The lowest BCUT2D eigenvalue weighted by molar-refractivity contribution is 0.365. The Morgan fingerprint density at radius 1 is 0.952 bits per heavy atom. The van der Waals surface area contributed by atoms with E-state index < -0.39 is 27.3 Å². The first-order valence-electron chi connectivity index (χ1n) is 7.13. The standard InChI is InChI=1S/C14H23NO5S/c1-2-3-4-5-6-7-8-15-21(19,20)11-9-12(16)14(18)13(17)10-11/h9-10,15-18H,2-8H2,1H3. The van der Waals surface area contributed by atoms with E-state index in [-0.39, 0.29) is 4.90 Å². The molecule has 0 radical (unpaired) electrons. The highest BCUT2D eigenvalue weighted by Crippen LogP contribution is 2.36. The largest absolute Gasteiger partial charge is 0.504 e. The molecule has 1 aromatic carbocycles. The molecule has 0 saturated carbocycles. The molecule has 6 nitrogen and oxygen atoms in total. The first-order chi connectivity index (χ1) is 9.88. The van der Waals surface area contributed by atoms with E-state index in [9.17, 15) is 23.7 Å². The lowest BCUT2D eigenvalue weighted by Crippen LogP contribution is -2.24. The molecule has 0 aliphatic carbocycles. The number of aromatic hydroxyl groups is 3. The maximum absolute atomic E-state index is 12.0. The van der Waals surface area contributed by atoms with Gasteiger partial charge in [-0.1, -0.05) is 39.0 Å². The Bertz CT molecular complexity index is 533. The summed E-state index contributed by atoms with van der Waals surface area (Å²) in [5.41, 5.74) is 0. The lowest BCUT2D eigenvalue weighted by Gasteiger charge is -2.09. The van der Waals surface area contributed by atoms with Gasteiger partial charge < -0.3 is 15.3 Å². The van der Waals surface area contributed by atoms with Gasteiger partial charge in [0.15, 0.2) is 17.2 Å². The Hall–Kier alpha value is -1.47. The third-order valence-corrected chi connectivity index (χ3v) is 4.62. The van der Waals surface area contributed by atoms with Crippen molar-refractivity contribution in [3.05, 3.63) is 12.1 Å². The van der Waals surface area contributed by atoms with Crippen LogP contribution in [0.15, 0.2) is 17.0 Å². The van der Waals surface area contributed by atoms with E-state index >= 15 is 0 Å². The van der Waals surface area contributed by atoms with Crippen molar-refractivity contribution in [2.75, 3.05) is 6.54 Å². The van der Waals surface area contributed by atoms with E-state index in [2.05, 4.69) is 11.6 Å². The van der Waals surface area contributed by atoms with Crippen LogP contribution in [0.4, 0.5) is 0 Å². The van der Waals surface area contributed by atoms with Gasteiger partial charge in [-0.2, -0.15) is 0 Å². The summed E-state index contributed by atoms with van der Waals surface area (Å²) in [7, 11) is -3.80. The zero-order chi connectivity index (χ0) is 15.9. The van der Waals surface area contributed by atoms with Gasteiger partial charge in [-0.05, 0) is 6.42 Å². The van der Waals surface area contributed by atoms with Crippen molar-refractivity contribution in [3.8, 4) is 17.2 Å². The van der Waals surface area contributed by atoms with Crippen molar-refractivity contribution in [2.45, 2.75) is 50.3 Å². The van der Waals surface area contributed by atoms with E-state index in [0.29, 0.717) is 6.54 Å². The van der Waals surface area contributed by atoms with E-state index in [1.807, 2.05) is 0 Å². The molecule has 0 saturated heterocycles. The summed E-state index contributed by atoms with van der Waals surface area (Å²) in [6.45, 7) is 2.44. The second kappa shape index (κ2) is 8.09. The Kier molecular flexibility index (Phi) is 6.77. The molecule has 0 heterocycles. The Balaban J connectivity index is 2.51. The normalized spacial score (nSPS) is 11.7. The fourth-order valence-electron chi connectivity index (χ4n) is 1.93. The van der Waals surface area contributed by atoms with Crippen LogP contribution >= 0.6 is 0 Å². The summed E-state index contributed by atoms with van der Waals surface area (Å²) in [6.07, 6.45) is 6.28. The monoisotopic (exact) mass is 317 g/mol. The second-order valence-corrected chi connectivity index (χ2v) is 6.74. The Morgan fingerprint density at radius 2 is 1.48 bits per heavy atom. The molecule has 0 aliphatic rings. The highest BCUT2D eigenvalue weighted by atomic mass is 32.2. The quantitative estimate of drug-likeness (QED) is 0.413. The van der Waals surface area contributed by atoms with Crippen LogP contribution in [0.3, 0.4) is 0 Å². The van der Waals surface area contributed by atoms with E-state index in [1.165, 1.54) is 12.8 Å². The number of rotatable bonds is 9. The van der Waals surface area contributed by atoms with Gasteiger partial charge in [0, 0.05) is 18.7 Å². The summed E-state index contributed by atoms with van der Waals surface area (Å²) < 4.78 is 26.3. The molecule has 7 heteroatoms. The van der Waals surface area contributed by atoms with Crippen molar-refractivity contribution in [1.82, 2.24) is 4.72 Å². The van der Waals surface area contributed by atoms with Crippen LogP contribution in [-0.4, -0.2) is 30.3 Å². The van der Waals surface area contributed by atoms with Gasteiger partial charge in [0.1, 0.15) is 0 Å². The molecule has 0 aromatic heterocycles. The van der Waals surface area contributed by atoms with Gasteiger partial charge in [0.05, 0.1) is 4.90 Å². The number of phenolic OH excluding ortho intramolecular Hbond substituents is 3. The molecule has 0 amide bonds. The van der Waals surface area contributed by atoms with Crippen LogP contribution in [0.25, 0.3) is 0 Å². The molecule has 1 rings (SSSR count). The van der Waals surface area contributed by atoms with Crippen LogP contribution in [0.2, 0.25) is 0 Å². The van der Waals surface area contributed by atoms with E-state index in [0.717, 1.165) is 37.8 Å². The van der Waals surface area contributed by atoms with Crippen LogP contribution in [-0.2, 0) is 10.0 Å². The molecule has 0 unspecified atom stereocenters. The molecule has 1 aromatic rings. The summed E-state index contributed by atoms with van der Waals surface area (Å²) in [5, 5.41) is 27.9. The lowest BCUT2D eigenvalue weighted by atomic mass is 10.1. The number of hydrogen-bond donors (Lipinski definition) is 4. The minimum atomic E-state index is -3.80. The third-order valence-electron chi connectivity index (χ3n) is 3.18. The van der Waals surface area contributed by atoms with Gasteiger partial charge in [0.2, 0.25) is 10.0 Å². The van der Waals surface area contributed by atoms with E-state index in [1.54, 1.807) is 0 Å². The predicted octanol–water partition coefficient (Wildman–Crippen LogP) is 2.44. The van der Waals surface area contributed by atoms with Crippen molar-refractivity contribution < 1.29 is 23.7 Å². The predicted molar refractivity (Wildman–Crippen MR) is 80.0 cm³/mol. The first kappa shape index (κ1) is 17.6. The van der Waals surface area contributed by atoms with Crippen LogP contribution in [0, 0.1) is 0 Å². The van der Waals surface area contributed by atoms with Gasteiger partial charge in [0.25, 0.3) is 0 Å². The summed E-state index contributed by atoms with van der Waals surface area (Å²) >= 11 is 0. The van der Waals surface area contributed by atoms with Crippen LogP contribution in [0.5, 0.6) is 17.2 Å². The fraction of sp³-hybridized carbons (Fsp3) is 0.571. The Morgan fingerprint density at radius 3 is 2.05 bits per heavy atom. The molecule has 0 spiro atoms. The van der Waals surface area contributed by atoms with Crippen molar-refractivity contribution in [2.24, 2.45) is 0 Å². The fourth-order valence-corrected chi connectivity index (χ4v) is 3.04. The van der Waals surface area contributed by atoms with Crippen molar-refractivity contribution in [1.29, 1.82) is 0 Å². The highest BCUT2D eigenvalue weighted by molar-refractivity contribution is 7.89. The first-order valence-corrected chi connectivity index (χ1v) is 8.61. The molecule has 4 N–H and O–H groups in total. The summed E-state index contributed by atoms with van der Waals surface area (Å²) in [6, 6.07) is 1.80. The molecule has 0 atom stereocenters. The van der Waals surface area contributed by atoms with Gasteiger partial charge in [-0.25, -0.2) is 13.1 Å². The number of benzene rings is 1. The summed E-state index contributed by atoms with van der Waals surface area (Å²) in [4.78, 5) is -0.277. The Labute approximate surface area is 125 Å². The van der Waals surface area contributed by atoms with Crippen molar-refractivity contribution >= 4 is 10.0 Å². The van der Waals surface area contributed by atoms with Crippen molar-refractivity contribution in [3.63, 3.8) is 0 Å². The SMILES string of the molecule is CCCCCCCCNS(=O)(=O)c1cc(O)c(O)c(O)c1. The minimum Gasteiger partial charge on any atom is -0.504 e. The van der Waals surface area contributed by atoms with Gasteiger partial charge in [-0.15, -0.1) is 0 Å². The van der Waals surface area contributed by atoms with Crippen LogP contribution < -0.4 is 4.72 Å². The average Bonchev–Trinajstić information content (AvgIpc) is 2.43. The maximum atomic E-state index is 12.0. The molecule has 21 heavy (non-hydrogen) atoms. The number of hydrogen-bond acceptors (Lipinski definition) is 5. The van der Waals surface area contributed by atoms with E-state index in [4.69, 9.17) is 0 Å². The van der Waals surface area contributed by atoms with Gasteiger partial charge >= 0.3 is 0 Å². The molecule has 0 bridgehead atoms. The zero-order valence-corrected chi connectivity index (χ0v) is 13.0. The minimum absolute atomic E-state index is 0.277. The number of nitrogens with one attached hydrogen (secondary N) is 1. The van der Waals surface area contributed by atoms with Gasteiger partial charge in [-0.3, -0.25) is 0 Å². The number of unbranched alkanes of at least 4 members (excludes halogenated alkanes) is 5. The third kappa shape index (κ3) is 5.43. The highest BCUT2D eigenvalue weighted by Gasteiger charge is 2.18. The smallest absolute Gasteiger partial charge is 0.240 e. The summed E-state index contributed by atoms with van der Waals surface area (Å²) in [5.74, 6) is -2.07. The molecule has 120 valence electrons. The average molecular weight is 317 g/mol. The number of sulfonamides is 1. The maximum Gasteiger partial charge on any atom is 0.240 e. The number of phenols is 3. The zero-order valence-electron chi connectivity index (χ0n) is 12.2. The molecule has 0 fully saturated rings. The molecular formula is C14H23NO5S. The topological polar surface area (TPSA) is 107 Å².